The fourth-order valence-electron chi connectivity index (χ4n) is 8.84. The second kappa shape index (κ2) is 14.8. The molecular weight excluding hydrogens is 819 g/mol. The lowest BCUT2D eigenvalue weighted by atomic mass is 9.97. The molecule has 8 aromatic carbocycles. The molecule has 310 valence electrons. The van der Waals surface area contributed by atoms with Crippen molar-refractivity contribution < 1.29 is 26.3 Å². The minimum absolute atomic E-state index is 0.0424. The van der Waals surface area contributed by atoms with Crippen LogP contribution >= 0.6 is 0 Å². The number of rotatable bonds is 6. The van der Waals surface area contributed by atoms with Crippen LogP contribution in [0.15, 0.2) is 194 Å². The number of para-hydroxylation sites is 2. The Morgan fingerprint density at radius 3 is 1.42 bits per heavy atom. The molecule has 0 atom stereocenters. The van der Waals surface area contributed by atoms with Crippen LogP contribution in [0.5, 0.6) is 0 Å². The molecule has 0 aliphatic heterocycles. The molecule has 0 aliphatic rings. The first-order valence-corrected chi connectivity index (χ1v) is 20.5. The Hall–Kier alpha value is -7.98. The van der Waals surface area contributed by atoms with Crippen molar-refractivity contribution in [2.24, 2.45) is 0 Å². The smallest absolute Gasteiger partial charge is 0.309 e. The summed E-state index contributed by atoms with van der Waals surface area (Å²) in [4.78, 5) is 10.1. The summed E-state index contributed by atoms with van der Waals surface area (Å²) >= 11 is 0. The van der Waals surface area contributed by atoms with Gasteiger partial charge in [-0.05, 0) is 84.4 Å². The number of fused-ring (bicyclic) bond motifs is 6. The molecule has 11 rings (SSSR count). The minimum Gasteiger partial charge on any atom is -0.309 e. The van der Waals surface area contributed by atoms with Gasteiger partial charge in [-0.2, -0.15) is 26.3 Å². The zero-order valence-electron chi connectivity index (χ0n) is 33.5. The zero-order chi connectivity index (χ0) is 43.7. The van der Waals surface area contributed by atoms with E-state index >= 15 is 0 Å². The van der Waals surface area contributed by atoms with Crippen LogP contribution < -0.4 is 0 Å². The van der Waals surface area contributed by atoms with Crippen LogP contribution in [0.3, 0.4) is 0 Å². The van der Waals surface area contributed by atoms with E-state index in [0.717, 1.165) is 74.0 Å². The van der Waals surface area contributed by atoms with Crippen molar-refractivity contribution in [1.82, 2.24) is 19.1 Å². The maximum atomic E-state index is 14.2. The van der Waals surface area contributed by atoms with E-state index in [0.29, 0.717) is 39.5 Å². The van der Waals surface area contributed by atoms with Crippen LogP contribution in [-0.4, -0.2) is 19.1 Å². The number of aromatic nitrogens is 4. The predicted octanol–water partition coefficient (Wildman–Crippen LogP) is 15.4. The average molecular weight is 851 g/mol. The van der Waals surface area contributed by atoms with Crippen molar-refractivity contribution >= 4 is 43.6 Å². The fraction of sp³-hybridized carbons (Fsp3) is 0.0370. The molecule has 0 aliphatic carbocycles. The van der Waals surface area contributed by atoms with Gasteiger partial charge in [0.2, 0.25) is 0 Å². The normalized spacial score (nSPS) is 12.2. The zero-order valence-corrected chi connectivity index (χ0v) is 33.5. The van der Waals surface area contributed by atoms with Crippen molar-refractivity contribution in [2.75, 3.05) is 0 Å². The van der Waals surface area contributed by atoms with E-state index in [9.17, 15) is 26.3 Å². The van der Waals surface area contributed by atoms with E-state index in [2.05, 4.69) is 34.9 Å². The summed E-state index contributed by atoms with van der Waals surface area (Å²) in [5, 5.41) is 2.25. The molecule has 64 heavy (non-hydrogen) atoms. The lowest BCUT2D eigenvalue weighted by Crippen LogP contribution is -2.04. The van der Waals surface area contributed by atoms with Crippen LogP contribution in [0.2, 0.25) is 0 Å². The monoisotopic (exact) mass is 850 g/mol. The van der Waals surface area contributed by atoms with Gasteiger partial charge in [0.15, 0.2) is 5.82 Å². The molecule has 0 unspecified atom stereocenters. The lowest BCUT2D eigenvalue weighted by molar-refractivity contribution is -0.138. The van der Waals surface area contributed by atoms with Crippen molar-refractivity contribution in [2.45, 2.75) is 12.4 Å². The topological polar surface area (TPSA) is 35.6 Å². The SMILES string of the molecule is FC(F)(F)c1ccc2c(c1)c1cc(C(F)(F)F)ccc1n2-c1ccc(-c2cc(-c3ccccc3)nc(-c3ccccc3)n2)cc1-c1cccc(-n2c3ccccc3c3ccccc32)c1. The van der Waals surface area contributed by atoms with Gasteiger partial charge in [0.05, 0.1) is 50.3 Å². The molecule has 0 saturated carbocycles. The second-order valence-corrected chi connectivity index (χ2v) is 15.6. The van der Waals surface area contributed by atoms with Gasteiger partial charge in [0, 0.05) is 49.5 Å². The Labute approximate surface area is 362 Å². The summed E-state index contributed by atoms with van der Waals surface area (Å²) in [5.41, 5.74) is 7.28. The van der Waals surface area contributed by atoms with E-state index in [1.165, 1.54) is 12.1 Å². The summed E-state index contributed by atoms with van der Waals surface area (Å²) in [6, 6.07) is 57.9. The summed E-state index contributed by atoms with van der Waals surface area (Å²) in [6.45, 7) is 0. The van der Waals surface area contributed by atoms with Gasteiger partial charge in [-0.1, -0.05) is 115 Å². The minimum atomic E-state index is -4.72. The van der Waals surface area contributed by atoms with E-state index in [1.54, 1.807) is 4.57 Å². The molecule has 0 saturated heterocycles. The molecule has 11 aromatic rings. The van der Waals surface area contributed by atoms with Gasteiger partial charge < -0.3 is 9.13 Å². The summed E-state index contributed by atoms with van der Waals surface area (Å²) in [6.07, 6.45) is -9.45. The lowest BCUT2D eigenvalue weighted by Gasteiger charge is -2.18. The summed E-state index contributed by atoms with van der Waals surface area (Å²) < 4.78 is 89.3. The molecule has 4 nitrogen and oxygen atoms in total. The highest BCUT2D eigenvalue weighted by molar-refractivity contribution is 6.11. The number of nitrogens with zero attached hydrogens (tertiary/aromatic N) is 4. The molecular formula is C54H32F6N4. The Balaban J connectivity index is 1.20. The third-order valence-electron chi connectivity index (χ3n) is 11.8. The van der Waals surface area contributed by atoms with Crippen LogP contribution in [0, 0.1) is 0 Å². The number of benzene rings is 8. The van der Waals surface area contributed by atoms with Gasteiger partial charge in [-0.25, -0.2) is 9.97 Å². The molecule has 10 heteroatoms. The van der Waals surface area contributed by atoms with E-state index < -0.39 is 23.5 Å². The summed E-state index contributed by atoms with van der Waals surface area (Å²) in [7, 11) is 0. The maximum absolute atomic E-state index is 14.2. The Bertz CT molecular complexity index is 3400. The molecule has 0 N–H and O–H groups in total. The second-order valence-electron chi connectivity index (χ2n) is 15.6. The highest BCUT2D eigenvalue weighted by Crippen LogP contribution is 2.43. The first-order chi connectivity index (χ1) is 31.0. The van der Waals surface area contributed by atoms with E-state index in [4.69, 9.17) is 9.97 Å². The molecule has 0 fully saturated rings. The van der Waals surface area contributed by atoms with Crippen LogP contribution in [0.1, 0.15) is 11.1 Å². The molecule has 0 radical (unpaired) electrons. The first-order valence-electron chi connectivity index (χ1n) is 20.5. The molecule has 0 spiro atoms. The maximum Gasteiger partial charge on any atom is 0.416 e. The summed E-state index contributed by atoms with van der Waals surface area (Å²) in [5.74, 6) is 0.513. The van der Waals surface area contributed by atoms with Crippen molar-refractivity contribution in [1.29, 1.82) is 0 Å². The largest absolute Gasteiger partial charge is 0.416 e. The first kappa shape index (κ1) is 38.9. The number of halogens is 6. The number of hydrogen-bond acceptors (Lipinski definition) is 2. The number of alkyl halides is 6. The quantitative estimate of drug-likeness (QED) is 0.156. The molecule has 3 heterocycles. The van der Waals surface area contributed by atoms with Crippen molar-refractivity contribution in [3.63, 3.8) is 0 Å². The van der Waals surface area contributed by atoms with E-state index in [1.807, 2.05) is 127 Å². The van der Waals surface area contributed by atoms with Gasteiger partial charge in [0.1, 0.15) is 0 Å². The highest BCUT2D eigenvalue weighted by Gasteiger charge is 2.33. The molecule has 0 bridgehead atoms. The van der Waals surface area contributed by atoms with Crippen LogP contribution in [0.4, 0.5) is 26.3 Å². The van der Waals surface area contributed by atoms with E-state index in [-0.39, 0.29) is 10.8 Å². The van der Waals surface area contributed by atoms with Crippen LogP contribution in [0.25, 0.3) is 100 Å². The Kier molecular flexibility index (Phi) is 9.02. The van der Waals surface area contributed by atoms with Gasteiger partial charge in [0.25, 0.3) is 0 Å². The number of hydrogen-bond donors (Lipinski definition) is 0. The van der Waals surface area contributed by atoms with Crippen molar-refractivity contribution in [3.05, 3.63) is 205 Å². The molecule has 0 amide bonds. The highest BCUT2D eigenvalue weighted by atomic mass is 19.4. The van der Waals surface area contributed by atoms with Crippen LogP contribution in [-0.2, 0) is 12.4 Å². The fourth-order valence-corrected chi connectivity index (χ4v) is 8.84. The predicted molar refractivity (Wildman–Crippen MR) is 242 cm³/mol. The van der Waals surface area contributed by atoms with Gasteiger partial charge in [-0.3, -0.25) is 0 Å². The Morgan fingerprint density at radius 1 is 0.344 bits per heavy atom. The average Bonchev–Trinajstić information content (AvgIpc) is 3.83. The van der Waals surface area contributed by atoms with Gasteiger partial charge >= 0.3 is 12.4 Å². The Morgan fingerprint density at radius 2 is 0.844 bits per heavy atom. The standard InChI is InChI=1S/C54H32F6N4/c55-53(56,57)37-23-26-50-43(30-37)44-31-38(54(58,59)60)24-27-51(44)64(50)49-25-22-36(46-32-45(33-12-3-1-4-13-33)61-52(62-46)34-14-5-2-6-15-34)29-42(49)35-16-11-17-39(28-35)63-47-20-9-7-18-40(47)41-19-8-10-21-48(41)63/h1-32H. The van der Waals surface area contributed by atoms with Crippen molar-refractivity contribution in [3.8, 4) is 56.4 Å². The third-order valence-corrected chi connectivity index (χ3v) is 11.8. The van der Waals surface area contributed by atoms with Gasteiger partial charge in [-0.15, -0.1) is 0 Å². The third kappa shape index (κ3) is 6.66. The molecule has 3 aromatic heterocycles.